The van der Waals surface area contributed by atoms with Gasteiger partial charge in [-0.05, 0) is 48.6 Å². The molecule has 1 fully saturated rings. The van der Waals surface area contributed by atoms with Crippen molar-refractivity contribution in [3.63, 3.8) is 0 Å². The SMILES string of the molecule is CSc1ncc2c(C#C[Si](C(C)C)(C(C)C)C(C)C)cc(OC3CCCCC3)nc2n1. The molecule has 6 heteroatoms. The molecule has 0 N–H and O–H groups in total. The van der Waals surface area contributed by atoms with Gasteiger partial charge in [-0.15, -0.1) is 5.54 Å². The van der Waals surface area contributed by atoms with Crippen molar-refractivity contribution < 1.29 is 4.74 Å². The number of ether oxygens (including phenoxy) is 1. The van der Waals surface area contributed by atoms with Crippen molar-refractivity contribution in [1.82, 2.24) is 15.0 Å². The molecule has 168 valence electrons. The van der Waals surface area contributed by atoms with Gasteiger partial charge in [-0.3, -0.25) is 0 Å². The van der Waals surface area contributed by atoms with Crippen LogP contribution in [-0.4, -0.2) is 35.4 Å². The predicted molar refractivity (Wildman–Crippen MR) is 135 cm³/mol. The van der Waals surface area contributed by atoms with Gasteiger partial charge in [0.05, 0.1) is 5.39 Å². The first-order valence-corrected chi connectivity index (χ1v) is 15.1. The zero-order valence-electron chi connectivity index (χ0n) is 20.2. The van der Waals surface area contributed by atoms with Gasteiger partial charge in [0.15, 0.2) is 10.8 Å². The summed E-state index contributed by atoms with van der Waals surface area (Å²) in [6.07, 6.45) is 10.1. The summed E-state index contributed by atoms with van der Waals surface area (Å²) >= 11 is 1.53. The normalized spacial score (nSPS) is 15.5. The van der Waals surface area contributed by atoms with Gasteiger partial charge in [-0.2, -0.15) is 4.98 Å². The van der Waals surface area contributed by atoms with E-state index in [9.17, 15) is 0 Å². The molecule has 0 aliphatic heterocycles. The molecule has 0 atom stereocenters. The van der Waals surface area contributed by atoms with Crippen LogP contribution in [0.3, 0.4) is 0 Å². The molecule has 0 bridgehead atoms. The van der Waals surface area contributed by atoms with Crippen molar-refractivity contribution in [2.75, 3.05) is 6.26 Å². The third kappa shape index (κ3) is 5.26. The zero-order chi connectivity index (χ0) is 22.6. The number of thioether (sulfide) groups is 1. The summed E-state index contributed by atoms with van der Waals surface area (Å²) in [7, 11) is -1.84. The molecule has 2 heterocycles. The van der Waals surface area contributed by atoms with Crippen LogP contribution >= 0.6 is 11.8 Å². The average Bonchev–Trinajstić information content (AvgIpc) is 2.73. The van der Waals surface area contributed by atoms with Crippen LogP contribution in [0.4, 0.5) is 0 Å². The number of nitrogens with zero attached hydrogens (tertiary/aromatic N) is 3. The van der Waals surface area contributed by atoms with Gasteiger partial charge in [0.2, 0.25) is 5.88 Å². The molecule has 1 aliphatic carbocycles. The van der Waals surface area contributed by atoms with E-state index in [1.165, 1.54) is 31.0 Å². The van der Waals surface area contributed by atoms with E-state index < -0.39 is 8.07 Å². The highest BCUT2D eigenvalue weighted by Gasteiger charge is 2.41. The van der Waals surface area contributed by atoms with E-state index in [-0.39, 0.29) is 6.10 Å². The quantitative estimate of drug-likeness (QED) is 0.202. The summed E-state index contributed by atoms with van der Waals surface area (Å²) in [5, 5.41) is 1.64. The van der Waals surface area contributed by atoms with Crippen molar-refractivity contribution in [2.45, 2.75) is 102 Å². The van der Waals surface area contributed by atoms with Gasteiger partial charge < -0.3 is 4.74 Å². The van der Waals surface area contributed by atoms with E-state index in [0.29, 0.717) is 28.2 Å². The maximum atomic E-state index is 6.32. The highest BCUT2D eigenvalue weighted by molar-refractivity contribution is 7.98. The summed E-state index contributed by atoms with van der Waals surface area (Å²) in [6.45, 7) is 14.1. The van der Waals surface area contributed by atoms with Crippen LogP contribution < -0.4 is 4.74 Å². The van der Waals surface area contributed by atoms with E-state index in [0.717, 1.165) is 28.9 Å². The molecule has 1 saturated carbocycles. The Hall–Kier alpha value is -1.58. The fourth-order valence-electron chi connectivity index (χ4n) is 5.19. The van der Waals surface area contributed by atoms with Gasteiger partial charge >= 0.3 is 0 Å². The molecule has 0 saturated heterocycles. The average molecular weight is 456 g/mol. The fourth-order valence-corrected chi connectivity index (χ4v) is 10.7. The lowest BCUT2D eigenvalue weighted by Crippen LogP contribution is -2.43. The van der Waals surface area contributed by atoms with Gasteiger partial charge in [0.1, 0.15) is 14.2 Å². The number of aromatic nitrogens is 3. The molecule has 4 nitrogen and oxygen atoms in total. The van der Waals surface area contributed by atoms with Crippen molar-refractivity contribution in [3.8, 4) is 17.3 Å². The molecule has 2 aromatic heterocycles. The first-order chi connectivity index (χ1) is 14.8. The Morgan fingerprint density at radius 1 is 1.00 bits per heavy atom. The van der Waals surface area contributed by atoms with E-state index in [2.05, 4.69) is 63.0 Å². The second-order valence-electron chi connectivity index (χ2n) is 9.63. The number of rotatable bonds is 6. The number of hydrogen-bond donors (Lipinski definition) is 0. The molecule has 0 aromatic carbocycles. The summed E-state index contributed by atoms with van der Waals surface area (Å²) in [4.78, 5) is 13.9. The minimum absolute atomic E-state index is 0.247. The molecule has 1 aliphatic rings. The Kier molecular flexibility index (Phi) is 8.04. The van der Waals surface area contributed by atoms with Gasteiger partial charge in [0, 0.05) is 17.8 Å². The monoisotopic (exact) mass is 455 g/mol. The second kappa shape index (κ2) is 10.4. The van der Waals surface area contributed by atoms with Gasteiger partial charge in [-0.1, -0.05) is 65.6 Å². The zero-order valence-corrected chi connectivity index (χ0v) is 22.0. The smallest absolute Gasteiger partial charge is 0.216 e. The molecule has 0 amide bonds. The minimum atomic E-state index is -1.84. The third-order valence-electron chi connectivity index (χ3n) is 6.82. The van der Waals surface area contributed by atoms with Crippen molar-refractivity contribution >= 4 is 30.9 Å². The van der Waals surface area contributed by atoms with E-state index in [1.807, 2.05) is 18.5 Å². The Balaban J connectivity index is 2.10. The van der Waals surface area contributed by atoms with Gasteiger partial charge in [-0.25, -0.2) is 9.97 Å². The first-order valence-electron chi connectivity index (χ1n) is 11.7. The Morgan fingerprint density at radius 3 is 2.23 bits per heavy atom. The number of fused-ring (bicyclic) bond motifs is 1. The molecule has 0 spiro atoms. The molecule has 0 radical (unpaired) electrons. The number of pyridine rings is 1. The largest absolute Gasteiger partial charge is 0.474 e. The summed E-state index contributed by atoms with van der Waals surface area (Å²) in [6, 6.07) is 2.02. The van der Waals surface area contributed by atoms with E-state index in [1.54, 1.807) is 0 Å². The molecule has 0 unspecified atom stereocenters. The Morgan fingerprint density at radius 2 is 1.65 bits per heavy atom. The topological polar surface area (TPSA) is 47.9 Å². The van der Waals surface area contributed by atoms with Crippen molar-refractivity contribution in [1.29, 1.82) is 0 Å². The molecule has 2 aromatic rings. The minimum Gasteiger partial charge on any atom is -0.474 e. The van der Waals surface area contributed by atoms with E-state index in [4.69, 9.17) is 9.72 Å². The van der Waals surface area contributed by atoms with Crippen LogP contribution in [0.15, 0.2) is 17.4 Å². The molecule has 3 rings (SSSR count). The first kappa shape index (κ1) is 24.1. The lowest BCUT2D eigenvalue weighted by molar-refractivity contribution is 0.149. The molecular weight excluding hydrogens is 418 g/mol. The maximum absolute atomic E-state index is 6.32. The van der Waals surface area contributed by atoms with Crippen molar-refractivity contribution in [3.05, 3.63) is 17.8 Å². The Labute approximate surface area is 193 Å². The van der Waals surface area contributed by atoms with Crippen LogP contribution in [0.2, 0.25) is 16.6 Å². The molecular formula is C25H37N3OSSi. The fraction of sp³-hybridized carbons (Fsp3) is 0.640. The predicted octanol–water partition coefficient (Wildman–Crippen LogP) is 7.03. The Bertz CT molecular complexity index is 937. The van der Waals surface area contributed by atoms with Gasteiger partial charge in [0.25, 0.3) is 0 Å². The third-order valence-corrected chi connectivity index (χ3v) is 13.7. The van der Waals surface area contributed by atoms with E-state index >= 15 is 0 Å². The lowest BCUT2D eigenvalue weighted by Gasteiger charge is -2.38. The summed E-state index contributed by atoms with van der Waals surface area (Å²) in [5.74, 6) is 4.25. The maximum Gasteiger partial charge on any atom is 0.216 e. The molecule has 31 heavy (non-hydrogen) atoms. The summed E-state index contributed by atoms with van der Waals surface area (Å²) < 4.78 is 6.32. The van der Waals surface area contributed by atoms with Crippen LogP contribution in [0.25, 0.3) is 11.0 Å². The van der Waals surface area contributed by atoms with Crippen molar-refractivity contribution in [2.24, 2.45) is 0 Å². The van der Waals surface area contributed by atoms with Crippen LogP contribution in [0, 0.1) is 11.5 Å². The second-order valence-corrected chi connectivity index (χ2v) is 16.0. The van der Waals surface area contributed by atoms with Crippen LogP contribution in [-0.2, 0) is 0 Å². The number of hydrogen-bond acceptors (Lipinski definition) is 5. The lowest BCUT2D eigenvalue weighted by atomic mass is 9.98. The van der Waals surface area contributed by atoms with Crippen LogP contribution in [0.1, 0.15) is 79.2 Å². The summed E-state index contributed by atoms with van der Waals surface area (Å²) in [5.41, 5.74) is 7.24. The highest BCUT2D eigenvalue weighted by Crippen LogP contribution is 2.41. The standard InChI is InChI=1S/C25H37N3OSSi/c1-17(2)31(18(3)4,19(5)6)14-13-20-15-23(29-21-11-9-8-10-12-21)27-24-22(20)16-26-25(28-24)30-7/h15-19,21H,8-12H2,1-7H3. The van der Waals surface area contributed by atoms with Crippen LogP contribution in [0.5, 0.6) is 5.88 Å². The highest BCUT2D eigenvalue weighted by atomic mass is 32.2.